The van der Waals surface area contributed by atoms with Crippen molar-refractivity contribution in [2.45, 2.75) is 44.8 Å². The predicted molar refractivity (Wildman–Crippen MR) is 102 cm³/mol. The van der Waals surface area contributed by atoms with E-state index >= 15 is 0 Å². The summed E-state index contributed by atoms with van der Waals surface area (Å²) >= 11 is 1.28. The molecule has 0 saturated carbocycles. The summed E-state index contributed by atoms with van der Waals surface area (Å²) < 4.78 is 1.53. The largest absolute Gasteiger partial charge is 0.351 e. The maximum atomic E-state index is 12.7. The SMILES string of the molecule is Cc1nc(SCC(=O)NC(C)(C)C)n(C)c(=O)c1Cc1ccccc1. The van der Waals surface area contributed by atoms with E-state index in [1.165, 1.54) is 16.3 Å². The monoisotopic (exact) mass is 359 g/mol. The van der Waals surface area contributed by atoms with E-state index in [0.717, 1.165) is 5.56 Å². The minimum absolute atomic E-state index is 0.0601. The smallest absolute Gasteiger partial charge is 0.257 e. The van der Waals surface area contributed by atoms with Crippen LogP contribution in [-0.2, 0) is 18.3 Å². The fourth-order valence-electron chi connectivity index (χ4n) is 2.45. The summed E-state index contributed by atoms with van der Waals surface area (Å²) in [5.74, 6) is 0.160. The van der Waals surface area contributed by atoms with Crippen molar-refractivity contribution in [1.29, 1.82) is 0 Å². The van der Waals surface area contributed by atoms with Crippen molar-refractivity contribution >= 4 is 17.7 Å². The normalized spacial score (nSPS) is 11.4. The number of aromatic nitrogens is 2. The van der Waals surface area contributed by atoms with E-state index in [0.29, 0.717) is 22.8 Å². The molecule has 1 amide bonds. The molecule has 0 aliphatic carbocycles. The van der Waals surface area contributed by atoms with Gasteiger partial charge in [0.15, 0.2) is 5.16 Å². The summed E-state index contributed by atoms with van der Waals surface area (Å²) in [6.45, 7) is 7.66. The third kappa shape index (κ3) is 5.46. The summed E-state index contributed by atoms with van der Waals surface area (Å²) in [6, 6.07) is 9.87. The highest BCUT2D eigenvalue weighted by Gasteiger charge is 2.17. The number of aryl methyl sites for hydroxylation is 1. The number of carbonyl (C=O) groups is 1. The number of carbonyl (C=O) groups excluding carboxylic acids is 1. The zero-order valence-electron chi connectivity index (χ0n) is 15.4. The summed E-state index contributed by atoms with van der Waals surface area (Å²) in [7, 11) is 1.70. The van der Waals surface area contributed by atoms with E-state index in [4.69, 9.17) is 0 Å². The molecule has 0 radical (unpaired) electrons. The highest BCUT2D eigenvalue weighted by Crippen LogP contribution is 2.16. The fraction of sp³-hybridized carbons (Fsp3) is 0.421. The van der Waals surface area contributed by atoms with Crippen molar-refractivity contribution in [3.8, 4) is 0 Å². The number of thioether (sulfide) groups is 1. The van der Waals surface area contributed by atoms with E-state index in [1.54, 1.807) is 7.05 Å². The van der Waals surface area contributed by atoms with Gasteiger partial charge in [-0.05, 0) is 33.3 Å². The zero-order valence-corrected chi connectivity index (χ0v) is 16.2. The highest BCUT2D eigenvalue weighted by atomic mass is 32.2. The molecular formula is C19H25N3O2S. The first-order valence-electron chi connectivity index (χ1n) is 8.21. The Hall–Kier alpha value is -2.08. The van der Waals surface area contributed by atoms with Gasteiger partial charge in [0.1, 0.15) is 0 Å². The number of hydrogen-bond donors (Lipinski definition) is 1. The molecular weight excluding hydrogens is 334 g/mol. The maximum Gasteiger partial charge on any atom is 0.257 e. The Morgan fingerprint density at radius 3 is 2.48 bits per heavy atom. The third-order valence-electron chi connectivity index (χ3n) is 3.62. The Morgan fingerprint density at radius 1 is 1.24 bits per heavy atom. The van der Waals surface area contributed by atoms with Crippen LogP contribution in [-0.4, -0.2) is 26.8 Å². The Balaban J connectivity index is 2.17. The summed E-state index contributed by atoms with van der Waals surface area (Å²) in [4.78, 5) is 29.2. The zero-order chi connectivity index (χ0) is 18.6. The lowest BCUT2D eigenvalue weighted by Crippen LogP contribution is -2.41. The molecule has 0 bridgehead atoms. The lowest BCUT2D eigenvalue weighted by atomic mass is 10.1. The topological polar surface area (TPSA) is 64.0 Å². The fourth-order valence-corrected chi connectivity index (χ4v) is 3.26. The van der Waals surface area contributed by atoms with Gasteiger partial charge in [-0.1, -0.05) is 42.1 Å². The van der Waals surface area contributed by atoms with Crippen LogP contribution in [0.5, 0.6) is 0 Å². The second-order valence-electron chi connectivity index (χ2n) is 7.07. The highest BCUT2D eigenvalue weighted by molar-refractivity contribution is 7.99. The Morgan fingerprint density at radius 2 is 1.88 bits per heavy atom. The number of nitrogens with zero attached hydrogens (tertiary/aromatic N) is 2. The summed E-state index contributed by atoms with van der Waals surface area (Å²) in [6.07, 6.45) is 0.557. The van der Waals surface area contributed by atoms with Gasteiger partial charge in [-0.3, -0.25) is 14.2 Å². The molecule has 134 valence electrons. The van der Waals surface area contributed by atoms with Crippen LogP contribution in [0.2, 0.25) is 0 Å². The van der Waals surface area contributed by atoms with Crippen molar-refractivity contribution in [2.75, 3.05) is 5.75 Å². The van der Waals surface area contributed by atoms with Crippen molar-refractivity contribution in [2.24, 2.45) is 7.05 Å². The molecule has 0 fully saturated rings. The molecule has 2 rings (SSSR count). The van der Waals surface area contributed by atoms with Gasteiger partial charge < -0.3 is 5.32 Å². The van der Waals surface area contributed by atoms with Crippen molar-refractivity contribution in [1.82, 2.24) is 14.9 Å². The molecule has 0 saturated heterocycles. The van der Waals surface area contributed by atoms with Crippen molar-refractivity contribution in [3.05, 3.63) is 57.5 Å². The quantitative estimate of drug-likeness (QED) is 0.658. The number of hydrogen-bond acceptors (Lipinski definition) is 4. The molecule has 0 atom stereocenters. The van der Waals surface area contributed by atoms with Crippen LogP contribution in [0.1, 0.15) is 37.6 Å². The molecule has 0 aliphatic heterocycles. The Labute approximate surface area is 152 Å². The number of amides is 1. The Bertz CT molecular complexity index is 808. The number of nitrogens with one attached hydrogen (secondary N) is 1. The Kier molecular flexibility index (Phi) is 6.06. The second-order valence-corrected chi connectivity index (χ2v) is 8.01. The van der Waals surface area contributed by atoms with Crippen LogP contribution < -0.4 is 10.9 Å². The molecule has 1 aromatic heterocycles. The molecule has 1 N–H and O–H groups in total. The first kappa shape index (κ1) is 19.2. The second kappa shape index (κ2) is 7.87. The third-order valence-corrected chi connectivity index (χ3v) is 4.65. The average molecular weight is 359 g/mol. The van der Waals surface area contributed by atoms with Crippen molar-refractivity contribution in [3.63, 3.8) is 0 Å². The molecule has 25 heavy (non-hydrogen) atoms. The molecule has 1 aromatic carbocycles. The first-order valence-corrected chi connectivity index (χ1v) is 9.20. The molecule has 5 nitrogen and oxygen atoms in total. The lowest BCUT2D eigenvalue weighted by molar-refractivity contribution is -0.119. The van der Waals surface area contributed by atoms with Gasteiger partial charge in [-0.25, -0.2) is 4.98 Å². The first-order chi connectivity index (χ1) is 11.7. The number of rotatable bonds is 5. The van der Waals surface area contributed by atoms with E-state index in [2.05, 4.69) is 10.3 Å². The van der Waals surface area contributed by atoms with Gasteiger partial charge in [-0.15, -0.1) is 0 Å². The molecule has 1 heterocycles. The van der Waals surface area contributed by atoms with Gasteiger partial charge >= 0.3 is 0 Å². The van der Waals surface area contributed by atoms with Crippen LogP contribution >= 0.6 is 11.8 Å². The van der Waals surface area contributed by atoms with Gasteiger partial charge in [0.05, 0.1) is 5.75 Å². The van der Waals surface area contributed by atoms with Gasteiger partial charge in [0, 0.05) is 30.3 Å². The molecule has 0 unspecified atom stereocenters. The summed E-state index contributed by atoms with van der Waals surface area (Å²) in [5, 5.41) is 3.47. The van der Waals surface area contributed by atoms with Crippen LogP contribution in [0.4, 0.5) is 0 Å². The molecule has 6 heteroatoms. The average Bonchev–Trinajstić information content (AvgIpc) is 2.53. The van der Waals surface area contributed by atoms with Crippen LogP contribution in [0.25, 0.3) is 0 Å². The summed E-state index contributed by atoms with van der Waals surface area (Å²) in [5.41, 5.74) is 2.15. The molecule has 0 aliphatic rings. The van der Waals surface area contributed by atoms with Crippen LogP contribution in [0, 0.1) is 6.92 Å². The van der Waals surface area contributed by atoms with E-state index in [9.17, 15) is 9.59 Å². The van der Waals surface area contributed by atoms with E-state index in [1.807, 2.05) is 58.0 Å². The van der Waals surface area contributed by atoms with Crippen molar-refractivity contribution < 1.29 is 4.79 Å². The minimum atomic E-state index is -0.271. The van der Waals surface area contributed by atoms with Gasteiger partial charge in [0.25, 0.3) is 5.56 Å². The predicted octanol–water partition coefficient (Wildman–Crippen LogP) is 2.69. The molecule has 0 spiro atoms. The standard InChI is InChI=1S/C19H25N3O2S/c1-13-15(11-14-9-7-6-8-10-14)17(24)22(5)18(20-13)25-12-16(23)21-19(2,3)4/h6-10H,11-12H2,1-5H3,(H,21,23). The minimum Gasteiger partial charge on any atom is -0.351 e. The van der Waals surface area contributed by atoms with Gasteiger partial charge in [0.2, 0.25) is 5.91 Å². The van der Waals surface area contributed by atoms with E-state index < -0.39 is 0 Å². The van der Waals surface area contributed by atoms with Crippen LogP contribution in [0.15, 0.2) is 40.3 Å². The van der Waals surface area contributed by atoms with E-state index in [-0.39, 0.29) is 22.8 Å². The van der Waals surface area contributed by atoms with Gasteiger partial charge in [-0.2, -0.15) is 0 Å². The van der Waals surface area contributed by atoms with Crippen LogP contribution in [0.3, 0.4) is 0 Å². The molecule has 2 aromatic rings. The maximum absolute atomic E-state index is 12.7. The number of benzene rings is 1. The lowest BCUT2D eigenvalue weighted by Gasteiger charge is -2.20.